The molecule has 2 atom stereocenters. The summed E-state index contributed by atoms with van der Waals surface area (Å²) in [6.45, 7) is 11.0. The number of nitrogens with two attached hydrogens (primary N) is 1. The molecule has 0 radical (unpaired) electrons. The molecule has 18 heavy (non-hydrogen) atoms. The van der Waals surface area contributed by atoms with Crippen molar-refractivity contribution in [3.63, 3.8) is 0 Å². The van der Waals surface area contributed by atoms with Crippen LogP contribution in [0.5, 0.6) is 0 Å². The van der Waals surface area contributed by atoms with E-state index in [4.69, 9.17) is 15.0 Å². The topological polar surface area (TPSA) is 74.2 Å². The van der Waals surface area contributed by atoms with Crippen molar-refractivity contribution in [1.82, 2.24) is 10.1 Å². The molecular weight excluding hydrogens is 230 g/mol. The van der Waals surface area contributed by atoms with Gasteiger partial charge in [-0.15, -0.1) is 0 Å². The van der Waals surface area contributed by atoms with Crippen molar-refractivity contribution in [2.75, 3.05) is 13.7 Å². The minimum Gasteiger partial charge on any atom is -0.382 e. The first-order valence-electron chi connectivity index (χ1n) is 6.27. The summed E-state index contributed by atoms with van der Waals surface area (Å²) in [5, 5.41) is 3.95. The second-order valence-electron chi connectivity index (χ2n) is 6.33. The van der Waals surface area contributed by atoms with Crippen LogP contribution < -0.4 is 5.73 Å². The quantitative estimate of drug-likeness (QED) is 0.872. The highest BCUT2D eigenvalue weighted by Gasteiger charge is 2.29. The number of aromatic nitrogens is 2. The molecule has 0 aliphatic heterocycles. The molecule has 0 aliphatic carbocycles. The summed E-state index contributed by atoms with van der Waals surface area (Å²) in [7, 11) is 1.60. The normalized spacial score (nSPS) is 17.5. The van der Waals surface area contributed by atoms with Crippen LogP contribution in [0.1, 0.15) is 46.3 Å². The molecule has 0 bridgehead atoms. The Kier molecular flexibility index (Phi) is 4.50. The molecule has 2 unspecified atom stereocenters. The number of hydrogen-bond donors (Lipinski definition) is 1. The molecule has 5 heteroatoms. The fourth-order valence-corrected chi connectivity index (χ4v) is 1.50. The monoisotopic (exact) mass is 255 g/mol. The molecular formula is C13H25N3O2. The summed E-state index contributed by atoms with van der Waals surface area (Å²) in [4.78, 5) is 4.37. The fraction of sp³-hybridized carbons (Fsp3) is 0.846. The predicted octanol–water partition coefficient (Wildman–Crippen LogP) is 2.11. The highest BCUT2D eigenvalue weighted by atomic mass is 16.5. The van der Waals surface area contributed by atoms with Crippen LogP contribution >= 0.6 is 0 Å². The second-order valence-corrected chi connectivity index (χ2v) is 6.33. The Balaban J connectivity index is 2.75. The van der Waals surface area contributed by atoms with E-state index in [9.17, 15) is 0 Å². The van der Waals surface area contributed by atoms with Gasteiger partial charge in [0.1, 0.15) is 5.54 Å². The number of methoxy groups -OCH3 is 1. The molecule has 1 heterocycles. The van der Waals surface area contributed by atoms with Crippen molar-refractivity contribution in [1.29, 1.82) is 0 Å². The van der Waals surface area contributed by atoms with Gasteiger partial charge >= 0.3 is 0 Å². The predicted molar refractivity (Wildman–Crippen MR) is 70.0 cm³/mol. The van der Waals surface area contributed by atoms with Crippen molar-refractivity contribution in [2.24, 2.45) is 17.1 Å². The number of ether oxygens (including phenoxy) is 1. The van der Waals surface area contributed by atoms with Gasteiger partial charge in [0.2, 0.25) is 5.89 Å². The molecule has 0 fully saturated rings. The Morgan fingerprint density at radius 1 is 1.33 bits per heavy atom. The summed E-state index contributed by atoms with van der Waals surface area (Å²) in [6.07, 6.45) is 0.763. The molecule has 1 aromatic rings. The summed E-state index contributed by atoms with van der Waals surface area (Å²) in [6, 6.07) is 0. The molecule has 104 valence electrons. The molecule has 1 aromatic heterocycles. The van der Waals surface area contributed by atoms with Gasteiger partial charge in [0.05, 0.1) is 6.61 Å². The maximum atomic E-state index is 6.07. The van der Waals surface area contributed by atoms with Gasteiger partial charge in [-0.25, -0.2) is 0 Å². The van der Waals surface area contributed by atoms with E-state index in [1.807, 2.05) is 6.92 Å². The number of nitrogens with zero attached hydrogens (tertiary/aromatic N) is 2. The first kappa shape index (κ1) is 15.1. The van der Waals surface area contributed by atoms with Crippen LogP contribution in [-0.2, 0) is 16.7 Å². The van der Waals surface area contributed by atoms with Crippen LogP contribution in [0.3, 0.4) is 0 Å². The fourth-order valence-electron chi connectivity index (χ4n) is 1.50. The lowest BCUT2D eigenvalue weighted by Gasteiger charge is -2.25. The Bertz CT molecular complexity index is 380. The summed E-state index contributed by atoms with van der Waals surface area (Å²) in [5.74, 6) is 1.60. The van der Waals surface area contributed by atoms with E-state index < -0.39 is 5.54 Å². The van der Waals surface area contributed by atoms with Crippen LogP contribution in [0.4, 0.5) is 0 Å². The summed E-state index contributed by atoms with van der Waals surface area (Å²) in [5.41, 5.74) is 5.58. The molecule has 0 aromatic carbocycles. The lowest BCUT2D eigenvalue weighted by Crippen LogP contribution is -2.39. The lowest BCUT2D eigenvalue weighted by atomic mass is 9.80. The Morgan fingerprint density at radius 2 is 1.94 bits per heavy atom. The minimum atomic E-state index is -0.707. The van der Waals surface area contributed by atoms with Gasteiger partial charge in [0.25, 0.3) is 0 Å². The van der Waals surface area contributed by atoms with Crippen molar-refractivity contribution in [3.8, 4) is 0 Å². The van der Waals surface area contributed by atoms with Crippen LogP contribution in [0, 0.1) is 11.3 Å². The van der Waals surface area contributed by atoms with Gasteiger partial charge in [-0.1, -0.05) is 32.9 Å². The third-order valence-electron chi connectivity index (χ3n) is 3.38. The van der Waals surface area contributed by atoms with Crippen LogP contribution in [0.15, 0.2) is 4.52 Å². The van der Waals surface area contributed by atoms with Gasteiger partial charge in [-0.2, -0.15) is 4.98 Å². The molecule has 1 rings (SSSR count). The smallest absolute Gasteiger partial charge is 0.227 e. The van der Waals surface area contributed by atoms with Gasteiger partial charge in [-0.3, -0.25) is 0 Å². The average Bonchev–Trinajstić information content (AvgIpc) is 2.65. The molecule has 0 amide bonds. The van der Waals surface area contributed by atoms with Crippen molar-refractivity contribution in [3.05, 3.63) is 11.7 Å². The third-order valence-corrected chi connectivity index (χ3v) is 3.38. The van der Waals surface area contributed by atoms with Crippen LogP contribution in [0.2, 0.25) is 0 Å². The van der Waals surface area contributed by atoms with Crippen molar-refractivity contribution in [2.45, 2.75) is 46.6 Å². The van der Waals surface area contributed by atoms with Gasteiger partial charge in [0.15, 0.2) is 5.82 Å². The van der Waals surface area contributed by atoms with E-state index in [-0.39, 0.29) is 5.41 Å². The van der Waals surface area contributed by atoms with Crippen LogP contribution in [-0.4, -0.2) is 23.9 Å². The van der Waals surface area contributed by atoms with Gasteiger partial charge in [-0.05, 0) is 18.3 Å². The first-order valence-corrected chi connectivity index (χ1v) is 6.27. The van der Waals surface area contributed by atoms with Gasteiger partial charge in [0, 0.05) is 13.5 Å². The van der Waals surface area contributed by atoms with Crippen molar-refractivity contribution < 1.29 is 9.26 Å². The maximum absolute atomic E-state index is 6.07. The van der Waals surface area contributed by atoms with Crippen LogP contribution in [0.25, 0.3) is 0 Å². The lowest BCUT2D eigenvalue weighted by molar-refractivity contribution is 0.135. The molecule has 5 nitrogen and oxygen atoms in total. The molecule has 0 saturated heterocycles. The van der Waals surface area contributed by atoms with E-state index in [2.05, 4.69) is 37.8 Å². The summed E-state index contributed by atoms with van der Waals surface area (Å²) >= 11 is 0. The highest BCUT2D eigenvalue weighted by molar-refractivity contribution is 5.02. The number of rotatable bonds is 5. The largest absolute Gasteiger partial charge is 0.382 e. The van der Waals surface area contributed by atoms with Crippen molar-refractivity contribution >= 4 is 0 Å². The Morgan fingerprint density at radius 3 is 2.44 bits per heavy atom. The SMILES string of the molecule is COCC(C)(N)c1noc(CC(C)C(C)(C)C)n1. The van der Waals surface area contributed by atoms with E-state index in [1.165, 1.54) is 0 Å². The van der Waals surface area contributed by atoms with E-state index in [1.54, 1.807) is 7.11 Å². The molecule has 0 saturated carbocycles. The average molecular weight is 255 g/mol. The standard InChI is InChI=1S/C13H25N3O2/c1-9(12(2,3)4)7-10-15-11(16-18-10)13(5,14)8-17-6/h9H,7-8,14H2,1-6H3. The molecule has 2 N–H and O–H groups in total. The number of hydrogen-bond acceptors (Lipinski definition) is 5. The highest BCUT2D eigenvalue weighted by Crippen LogP contribution is 2.28. The minimum absolute atomic E-state index is 0.215. The maximum Gasteiger partial charge on any atom is 0.227 e. The second kappa shape index (κ2) is 5.36. The zero-order valence-corrected chi connectivity index (χ0v) is 12.3. The Hall–Kier alpha value is -0.940. The molecule has 0 spiro atoms. The van der Waals surface area contributed by atoms with Gasteiger partial charge < -0.3 is 15.0 Å². The zero-order valence-electron chi connectivity index (χ0n) is 12.3. The Labute approximate surface area is 109 Å². The third kappa shape index (κ3) is 3.78. The van der Waals surface area contributed by atoms with E-state index in [0.29, 0.717) is 24.2 Å². The zero-order chi connectivity index (χ0) is 14.0. The van der Waals surface area contributed by atoms with E-state index >= 15 is 0 Å². The summed E-state index contributed by atoms with van der Waals surface area (Å²) < 4.78 is 10.3. The van der Waals surface area contributed by atoms with E-state index in [0.717, 1.165) is 6.42 Å². The molecule has 0 aliphatic rings. The first-order chi connectivity index (χ1) is 8.16.